The van der Waals surface area contributed by atoms with Crippen molar-refractivity contribution in [1.82, 2.24) is 10.2 Å². The van der Waals surface area contributed by atoms with Gasteiger partial charge in [0.05, 0.1) is 6.61 Å². The predicted octanol–water partition coefficient (Wildman–Crippen LogP) is 3.99. The van der Waals surface area contributed by atoms with E-state index < -0.39 is 0 Å². The van der Waals surface area contributed by atoms with E-state index in [9.17, 15) is 4.79 Å². The van der Waals surface area contributed by atoms with E-state index in [0.717, 1.165) is 18.8 Å². The summed E-state index contributed by atoms with van der Waals surface area (Å²) in [4.78, 5) is 16.6. The number of carbonyl (C=O) groups is 1. The number of benzene rings is 2. The van der Waals surface area contributed by atoms with Crippen LogP contribution in [0.5, 0.6) is 11.5 Å². The van der Waals surface area contributed by atoms with Crippen molar-refractivity contribution in [2.24, 2.45) is 0 Å². The second kappa shape index (κ2) is 10.8. The minimum atomic E-state index is -0.0912. The molecule has 1 N–H and O–H groups in total. The van der Waals surface area contributed by atoms with Crippen LogP contribution in [0.25, 0.3) is 0 Å². The highest BCUT2D eigenvalue weighted by Crippen LogP contribution is 2.24. The van der Waals surface area contributed by atoms with E-state index in [-0.39, 0.29) is 25.2 Å². The van der Waals surface area contributed by atoms with Gasteiger partial charge in [0.15, 0.2) is 6.73 Å². The number of hydrogen-bond donors (Lipinski definition) is 1. The lowest BCUT2D eigenvalue weighted by atomic mass is 10.1. The Balaban J connectivity index is 0.00000300. The number of nitrogens with one attached hydrogen (secondary N) is 1. The first-order valence-corrected chi connectivity index (χ1v) is 9.78. The molecule has 0 aromatic heterocycles. The van der Waals surface area contributed by atoms with Crippen LogP contribution in [-0.2, 0) is 0 Å². The second-order valence-electron chi connectivity index (χ2n) is 6.87. The molecule has 0 unspecified atom stereocenters. The molecule has 7 heteroatoms. The fourth-order valence-electron chi connectivity index (χ4n) is 3.32. The zero-order chi connectivity index (χ0) is 19.9. The van der Waals surface area contributed by atoms with Gasteiger partial charge in [-0.05, 0) is 62.2 Å². The standard InChI is InChI=1S/C22H29N3O3.ClH/c1-4-27-19-8-10-20(11-9-19)28-16-23-22(26)25-14-12-24(13-15-25)21-7-5-6-17(2)18(21)3;/h5-11H,4,12-16H2,1-3H3,(H,23,26);1H. The predicted molar refractivity (Wildman–Crippen MR) is 119 cm³/mol. The number of anilines is 1. The van der Waals surface area contributed by atoms with E-state index >= 15 is 0 Å². The maximum absolute atomic E-state index is 12.4. The van der Waals surface area contributed by atoms with E-state index in [1.54, 1.807) is 0 Å². The molecule has 1 aliphatic rings. The minimum Gasteiger partial charge on any atom is -0.494 e. The van der Waals surface area contributed by atoms with Crippen molar-refractivity contribution >= 4 is 24.1 Å². The molecule has 0 spiro atoms. The van der Waals surface area contributed by atoms with Crippen molar-refractivity contribution < 1.29 is 14.3 Å². The van der Waals surface area contributed by atoms with Gasteiger partial charge >= 0.3 is 6.03 Å². The van der Waals surface area contributed by atoms with E-state index in [0.29, 0.717) is 25.4 Å². The van der Waals surface area contributed by atoms with Crippen LogP contribution in [0, 0.1) is 13.8 Å². The topological polar surface area (TPSA) is 54.0 Å². The van der Waals surface area contributed by atoms with Crippen molar-refractivity contribution in [2.75, 3.05) is 44.4 Å². The molecule has 29 heavy (non-hydrogen) atoms. The lowest BCUT2D eigenvalue weighted by Crippen LogP contribution is -2.52. The molecule has 0 saturated carbocycles. The first-order chi connectivity index (χ1) is 13.6. The molecule has 2 aromatic rings. The molecule has 0 bridgehead atoms. The van der Waals surface area contributed by atoms with Crippen LogP contribution in [0.4, 0.5) is 10.5 Å². The first-order valence-electron chi connectivity index (χ1n) is 9.78. The quantitative estimate of drug-likeness (QED) is 0.719. The van der Waals surface area contributed by atoms with Crippen LogP contribution in [0.1, 0.15) is 18.1 Å². The largest absolute Gasteiger partial charge is 0.494 e. The van der Waals surface area contributed by atoms with Gasteiger partial charge < -0.3 is 24.6 Å². The molecule has 1 heterocycles. The molecule has 1 saturated heterocycles. The van der Waals surface area contributed by atoms with Gasteiger partial charge in [-0.1, -0.05) is 12.1 Å². The molecule has 158 valence electrons. The zero-order valence-corrected chi connectivity index (χ0v) is 18.1. The van der Waals surface area contributed by atoms with Gasteiger partial charge in [0.2, 0.25) is 0 Å². The van der Waals surface area contributed by atoms with Crippen LogP contribution >= 0.6 is 12.4 Å². The fraction of sp³-hybridized carbons (Fsp3) is 0.409. The third-order valence-electron chi connectivity index (χ3n) is 5.08. The molecule has 2 aromatic carbocycles. The molecule has 6 nitrogen and oxygen atoms in total. The molecule has 2 amide bonds. The lowest BCUT2D eigenvalue weighted by Gasteiger charge is -2.37. The first kappa shape index (κ1) is 22.7. The Hall–Kier alpha value is -2.60. The van der Waals surface area contributed by atoms with Gasteiger partial charge in [-0.3, -0.25) is 0 Å². The third-order valence-corrected chi connectivity index (χ3v) is 5.08. The Bertz CT molecular complexity index is 790. The molecular formula is C22H30ClN3O3. The van der Waals surface area contributed by atoms with E-state index in [2.05, 4.69) is 42.3 Å². The summed E-state index contributed by atoms with van der Waals surface area (Å²) in [6.45, 7) is 10.1. The Kier molecular flexibility index (Phi) is 8.46. The third kappa shape index (κ3) is 5.94. The maximum Gasteiger partial charge on any atom is 0.320 e. The average molecular weight is 420 g/mol. The van der Waals surface area contributed by atoms with Crippen molar-refractivity contribution in [1.29, 1.82) is 0 Å². The van der Waals surface area contributed by atoms with Crippen LogP contribution < -0.4 is 19.7 Å². The summed E-state index contributed by atoms with van der Waals surface area (Å²) in [5, 5.41) is 2.83. The van der Waals surface area contributed by atoms with Crippen molar-refractivity contribution in [3.63, 3.8) is 0 Å². The van der Waals surface area contributed by atoms with Gasteiger partial charge in [-0.25, -0.2) is 4.79 Å². The number of amides is 2. The highest BCUT2D eigenvalue weighted by Gasteiger charge is 2.22. The van der Waals surface area contributed by atoms with Gasteiger partial charge in [-0.2, -0.15) is 0 Å². The number of hydrogen-bond acceptors (Lipinski definition) is 4. The number of ether oxygens (including phenoxy) is 2. The Morgan fingerprint density at radius 3 is 2.21 bits per heavy atom. The highest BCUT2D eigenvalue weighted by molar-refractivity contribution is 5.85. The number of carbonyl (C=O) groups excluding carboxylic acids is 1. The number of piperazine rings is 1. The Labute approximate surface area is 179 Å². The van der Waals surface area contributed by atoms with Crippen LogP contribution in [0.15, 0.2) is 42.5 Å². The Morgan fingerprint density at radius 2 is 1.59 bits per heavy atom. The summed E-state index contributed by atoms with van der Waals surface area (Å²) >= 11 is 0. The highest BCUT2D eigenvalue weighted by atomic mass is 35.5. The Morgan fingerprint density at radius 1 is 0.966 bits per heavy atom. The van der Waals surface area contributed by atoms with Gasteiger partial charge in [0, 0.05) is 31.9 Å². The van der Waals surface area contributed by atoms with Crippen LogP contribution in [0.2, 0.25) is 0 Å². The second-order valence-corrected chi connectivity index (χ2v) is 6.87. The normalized spacial score (nSPS) is 13.5. The summed E-state index contributed by atoms with van der Waals surface area (Å²) < 4.78 is 11.0. The van der Waals surface area contributed by atoms with Crippen molar-refractivity contribution in [3.05, 3.63) is 53.6 Å². The number of halogens is 1. The lowest BCUT2D eigenvalue weighted by molar-refractivity contribution is 0.181. The summed E-state index contributed by atoms with van der Waals surface area (Å²) in [5.74, 6) is 1.50. The van der Waals surface area contributed by atoms with Crippen LogP contribution in [0.3, 0.4) is 0 Å². The van der Waals surface area contributed by atoms with Crippen molar-refractivity contribution in [2.45, 2.75) is 20.8 Å². The SMILES string of the molecule is CCOc1ccc(OCNC(=O)N2CCN(c3cccc(C)c3C)CC2)cc1.Cl. The fourth-order valence-corrected chi connectivity index (χ4v) is 3.32. The smallest absolute Gasteiger partial charge is 0.320 e. The van der Waals surface area contributed by atoms with Crippen LogP contribution in [-0.4, -0.2) is 50.4 Å². The number of urea groups is 1. The molecule has 1 fully saturated rings. The summed E-state index contributed by atoms with van der Waals surface area (Å²) in [7, 11) is 0. The minimum absolute atomic E-state index is 0. The number of rotatable bonds is 6. The average Bonchev–Trinajstić information content (AvgIpc) is 2.72. The molecule has 0 radical (unpaired) electrons. The van der Waals surface area contributed by atoms with Gasteiger partial charge in [0.25, 0.3) is 0 Å². The zero-order valence-electron chi connectivity index (χ0n) is 17.3. The molecule has 0 atom stereocenters. The number of nitrogens with zero attached hydrogens (tertiary/aromatic N) is 2. The van der Waals surface area contributed by atoms with E-state index in [1.807, 2.05) is 36.1 Å². The number of aryl methyl sites for hydroxylation is 1. The monoisotopic (exact) mass is 419 g/mol. The van der Waals surface area contributed by atoms with E-state index in [1.165, 1.54) is 16.8 Å². The van der Waals surface area contributed by atoms with Gasteiger partial charge in [0.1, 0.15) is 11.5 Å². The van der Waals surface area contributed by atoms with Crippen molar-refractivity contribution in [3.8, 4) is 11.5 Å². The molecular weight excluding hydrogens is 390 g/mol. The molecule has 1 aliphatic heterocycles. The molecule has 3 rings (SSSR count). The summed E-state index contributed by atoms with van der Waals surface area (Å²) in [6.07, 6.45) is 0. The maximum atomic E-state index is 12.4. The molecule has 0 aliphatic carbocycles. The van der Waals surface area contributed by atoms with E-state index in [4.69, 9.17) is 9.47 Å². The summed E-state index contributed by atoms with van der Waals surface area (Å²) in [6, 6.07) is 13.7. The van der Waals surface area contributed by atoms with Gasteiger partial charge in [-0.15, -0.1) is 12.4 Å². The summed E-state index contributed by atoms with van der Waals surface area (Å²) in [5.41, 5.74) is 3.87.